The summed E-state index contributed by atoms with van der Waals surface area (Å²) in [4.78, 5) is 11.0. The van der Waals surface area contributed by atoms with Gasteiger partial charge in [0.05, 0.1) is 16.9 Å². The lowest BCUT2D eigenvalue weighted by atomic mass is 10.1. The summed E-state index contributed by atoms with van der Waals surface area (Å²) in [6.07, 6.45) is 0. The lowest BCUT2D eigenvalue weighted by Crippen LogP contribution is -2.04. The van der Waals surface area contributed by atoms with Gasteiger partial charge in [-0.05, 0) is 30.3 Å². The molecule has 0 bridgehead atoms. The van der Waals surface area contributed by atoms with Crippen molar-refractivity contribution in [1.29, 1.82) is 0 Å². The normalized spacial score (nSPS) is 10.1. The molecule has 18 heavy (non-hydrogen) atoms. The van der Waals surface area contributed by atoms with Gasteiger partial charge in [-0.15, -0.1) is 0 Å². The van der Waals surface area contributed by atoms with Crippen LogP contribution in [0.2, 0.25) is 0 Å². The zero-order chi connectivity index (χ0) is 13.1. The summed E-state index contributed by atoms with van der Waals surface area (Å²) in [7, 11) is 0. The predicted molar refractivity (Wildman–Crippen MR) is 67.5 cm³/mol. The molecule has 2 aromatic rings. The van der Waals surface area contributed by atoms with Crippen LogP contribution in [0.3, 0.4) is 0 Å². The number of hydrogen-bond acceptors (Lipinski definition) is 3. The molecule has 2 aromatic carbocycles. The molecule has 0 aliphatic rings. The van der Waals surface area contributed by atoms with Crippen LogP contribution in [-0.4, -0.2) is 11.1 Å². The van der Waals surface area contributed by atoms with E-state index >= 15 is 0 Å². The van der Waals surface area contributed by atoms with Gasteiger partial charge in [-0.1, -0.05) is 12.1 Å². The summed E-state index contributed by atoms with van der Waals surface area (Å²) in [5, 5.41) is 11.8. The number of carboxylic acid groups (broad SMARTS) is 1. The third kappa shape index (κ3) is 2.40. The van der Waals surface area contributed by atoms with Crippen LogP contribution in [0.25, 0.3) is 0 Å². The minimum absolute atomic E-state index is 0.0347. The highest BCUT2D eigenvalue weighted by atomic mass is 19.1. The van der Waals surface area contributed by atoms with Gasteiger partial charge >= 0.3 is 5.97 Å². The molecule has 0 heterocycles. The van der Waals surface area contributed by atoms with Gasteiger partial charge in [0.15, 0.2) is 0 Å². The third-order valence-corrected chi connectivity index (χ3v) is 2.42. The van der Waals surface area contributed by atoms with Crippen molar-refractivity contribution in [2.75, 3.05) is 11.1 Å². The molecule has 0 radical (unpaired) electrons. The van der Waals surface area contributed by atoms with Crippen molar-refractivity contribution >= 4 is 23.0 Å². The van der Waals surface area contributed by atoms with E-state index in [2.05, 4.69) is 5.32 Å². The highest BCUT2D eigenvalue weighted by Crippen LogP contribution is 2.25. The number of aromatic carboxylic acids is 1. The Morgan fingerprint density at radius 3 is 2.56 bits per heavy atom. The van der Waals surface area contributed by atoms with E-state index in [0.717, 1.165) is 0 Å². The maximum Gasteiger partial charge on any atom is 0.337 e. The quantitative estimate of drug-likeness (QED) is 0.728. The number of nitrogens with one attached hydrogen (secondary N) is 1. The van der Waals surface area contributed by atoms with Gasteiger partial charge in [-0.2, -0.15) is 0 Å². The van der Waals surface area contributed by atoms with E-state index in [1.54, 1.807) is 12.1 Å². The van der Waals surface area contributed by atoms with E-state index in [-0.39, 0.29) is 16.9 Å². The molecule has 0 fully saturated rings. The molecule has 4 N–H and O–H groups in total. The van der Waals surface area contributed by atoms with Gasteiger partial charge in [0.1, 0.15) is 5.82 Å². The smallest absolute Gasteiger partial charge is 0.337 e. The summed E-state index contributed by atoms with van der Waals surface area (Å²) < 4.78 is 13.5. The molecule has 0 saturated carbocycles. The molecule has 0 saturated heterocycles. The van der Waals surface area contributed by atoms with Crippen LogP contribution in [0.15, 0.2) is 42.5 Å². The molecular formula is C13H11FN2O2. The van der Waals surface area contributed by atoms with Crippen molar-refractivity contribution < 1.29 is 14.3 Å². The first-order valence-electron chi connectivity index (χ1n) is 5.22. The number of hydrogen-bond donors (Lipinski definition) is 3. The molecule has 0 aromatic heterocycles. The topological polar surface area (TPSA) is 75.4 Å². The fraction of sp³-hybridized carbons (Fsp3) is 0. The van der Waals surface area contributed by atoms with Crippen LogP contribution in [0, 0.1) is 5.82 Å². The second-order valence-corrected chi connectivity index (χ2v) is 3.72. The fourth-order valence-electron chi connectivity index (χ4n) is 1.56. The summed E-state index contributed by atoms with van der Waals surface area (Å²) in [5.74, 6) is -1.56. The van der Waals surface area contributed by atoms with Gasteiger partial charge in [0, 0.05) is 5.69 Å². The monoisotopic (exact) mass is 246 g/mol. The first-order valence-corrected chi connectivity index (χ1v) is 5.22. The number of para-hydroxylation sites is 1. The molecule has 0 amide bonds. The molecule has 2 rings (SSSR count). The van der Waals surface area contributed by atoms with Gasteiger partial charge in [-0.3, -0.25) is 0 Å². The second-order valence-electron chi connectivity index (χ2n) is 3.72. The van der Waals surface area contributed by atoms with Crippen molar-refractivity contribution in [1.82, 2.24) is 0 Å². The Kier molecular flexibility index (Phi) is 3.14. The predicted octanol–water partition coefficient (Wildman–Crippen LogP) is 2.85. The number of anilines is 3. The number of carbonyl (C=O) groups is 1. The summed E-state index contributed by atoms with van der Waals surface area (Å²) in [6, 6.07) is 10.3. The van der Waals surface area contributed by atoms with Crippen LogP contribution in [0.1, 0.15) is 10.4 Å². The Labute approximate surface area is 103 Å². The number of carboxylic acids is 1. The largest absolute Gasteiger partial charge is 0.478 e. The molecule has 0 aliphatic heterocycles. The van der Waals surface area contributed by atoms with Crippen molar-refractivity contribution in [2.24, 2.45) is 0 Å². The van der Waals surface area contributed by atoms with Gasteiger partial charge in [0.25, 0.3) is 0 Å². The van der Waals surface area contributed by atoms with Gasteiger partial charge in [0.2, 0.25) is 0 Å². The maximum atomic E-state index is 13.5. The fourth-order valence-corrected chi connectivity index (χ4v) is 1.56. The van der Waals surface area contributed by atoms with Crippen molar-refractivity contribution in [2.45, 2.75) is 0 Å². The summed E-state index contributed by atoms with van der Waals surface area (Å²) in [5.41, 5.74) is 6.49. The van der Waals surface area contributed by atoms with Crippen LogP contribution in [0.4, 0.5) is 21.5 Å². The first-order chi connectivity index (χ1) is 8.58. The number of halogens is 1. The van der Waals surface area contributed by atoms with Gasteiger partial charge < -0.3 is 16.2 Å². The van der Waals surface area contributed by atoms with Crippen molar-refractivity contribution in [3.05, 3.63) is 53.8 Å². The minimum atomic E-state index is -1.10. The maximum absolute atomic E-state index is 13.5. The van der Waals surface area contributed by atoms with E-state index < -0.39 is 11.8 Å². The van der Waals surface area contributed by atoms with E-state index in [4.69, 9.17) is 10.8 Å². The highest BCUT2D eigenvalue weighted by molar-refractivity contribution is 5.96. The number of benzene rings is 2. The Bertz CT molecular complexity index is 599. The molecule has 0 unspecified atom stereocenters. The summed E-state index contributed by atoms with van der Waals surface area (Å²) in [6.45, 7) is 0. The van der Waals surface area contributed by atoms with E-state index in [1.165, 1.54) is 30.3 Å². The lowest BCUT2D eigenvalue weighted by Gasteiger charge is -2.11. The molecule has 0 spiro atoms. The van der Waals surface area contributed by atoms with Crippen LogP contribution in [-0.2, 0) is 0 Å². The second kappa shape index (κ2) is 4.75. The van der Waals surface area contributed by atoms with Crippen LogP contribution >= 0.6 is 0 Å². The number of nitrogens with two attached hydrogens (primary N) is 1. The van der Waals surface area contributed by atoms with E-state index in [0.29, 0.717) is 5.69 Å². The Hall–Kier alpha value is -2.56. The minimum Gasteiger partial charge on any atom is -0.478 e. The standard InChI is InChI=1S/C13H11FN2O2/c14-10-3-1-2-4-11(10)16-12-7-8(15)5-6-9(12)13(17)18/h1-7,16H,15H2,(H,17,18). The van der Waals surface area contributed by atoms with E-state index in [9.17, 15) is 9.18 Å². The molecule has 0 atom stereocenters. The average Bonchev–Trinajstić information content (AvgIpc) is 2.32. The molecule has 4 nitrogen and oxygen atoms in total. The lowest BCUT2D eigenvalue weighted by molar-refractivity contribution is 0.0698. The molecular weight excluding hydrogens is 235 g/mol. The average molecular weight is 246 g/mol. The Morgan fingerprint density at radius 2 is 1.89 bits per heavy atom. The summed E-state index contributed by atoms with van der Waals surface area (Å²) >= 11 is 0. The van der Waals surface area contributed by atoms with Crippen LogP contribution < -0.4 is 11.1 Å². The zero-order valence-corrected chi connectivity index (χ0v) is 9.35. The Morgan fingerprint density at radius 1 is 1.17 bits per heavy atom. The Balaban J connectivity index is 2.42. The third-order valence-electron chi connectivity index (χ3n) is 2.42. The number of nitrogen functional groups attached to an aromatic ring is 1. The van der Waals surface area contributed by atoms with Gasteiger partial charge in [-0.25, -0.2) is 9.18 Å². The highest BCUT2D eigenvalue weighted by Gasteiger charge is 2.11. The number of rotatable bonds is 3. The molecule has 5 heteroatoms. The van der Waals surface area contributed by atoms with E-state index in [1.807, 2.05) is 0 Å². The molecule has 0 aliphatic carbocycles. The van der Waals surface area contributed by atoms with Crippen molar-refractivity contribution in [3.8, 4) is 0 Å². The molecule has 92 valence electrons. The van der Waals surface area contributed by atoms with Crippen LogP contribution in [0.5, 0.6) is 0 Å². The first kappa shape index (κ1) is 11.9. The zero-order valence-electron chi connectivity index (χ0n) is 9.35. The SMILES string of the molecule is Nc1ccc(C(=O)O)c(Nc2ccccc2F)c1. The van der Waals surface area contributed by atoms with Crippen molar-refractivity contribution in [3.63, 3.8) is 0 Å².